The zero-order valence-electron chi connectivity index (χ0n) is 20.7. The van der Waals surface area contributed by atoms with Crippen LogP contribution in [0.25, 0.3) is 27.9 Å². The largest absolute Gasteiger partial charge is 0.506 e. The molecule has 0 saturated carbocycles. The predicted molar refractivity (Wildman–Crippen MR) is 142 cm³/mol. The van der Waals surface area contributed by atoms with Gasteiger partial charge in [0.25, 0.3) is 0 Å². The molecule has 12 heteroatoms. The van der Waals surface area contributed by atoms with Crippen LogP contribution in [0.2, 0.25) is 0 Å². The lowest BCUT2D eigenvalue weighted by atomic mass is 10.2. The quantitative estimate of drug-likeness (QED) is 0.298. The Hall–Kier alpha value is -4.74. The number of unbranched alkanes of at least 4 members (excludes halogenated alkanes) is 1. The van der Waals surface area contributed by atoms with E-state index in [1.165, 1.54) is 6.20 Å². The molecule has 0 atom stereocenters. The van der Waals surface area contributed by atoms with Crippen LogP contribution < -0.4 is 9.80 Å². The highest BCUT2D eigenvalue weighted by molar-refractivity contribution is 5.85. The topological polar surface area (TPSA) is 138 Å². The summed E-state index contributed by atoms with van der Waals surface area (Å²) >= 11 is 0. The fraction of sp³-hybridized carbons (Fsp3) is 0.308. The zero-order valence-corrected chi connectivity index (χ0v) is 20.7. The van der Waals surface area contributed by atoms with Gasteiger partial charge in [-0.2, -0.15) is 15.1 Å². The number of benzene rings is 1. The van der Waals surface area contributed by atoms with Gasteiger partial charge in [-0.3, -0.25) is 4.79 Å². The molecule has 0 amide bonds. The average molecular weight is 514 g/mol. The Kier molecular flexibility index (Phi) is 6.20. The van der Waals surface area contributed by atoms with Crippen molar-refractivity contribution >= 4 is 39.8 Å². The van der Waals surface area contributed by atoms with Crippen LogP contribution in [0.5, 0.6) is 5.75 Å². The Morgan fingerprint density at radius 3 is 2.53 bits per heavy atom. The van der Waals surface area contributed by atoms with E-state index >= 15 is 0 Å². The van der Waals surface area contributed by atoms with E-state index in [0.717, 1.165) is 29.8 Å². The molecule has 0 bridgehead atoms. The molecule has 12 nitrogen and oxygen atoms in total. The number of pyridine rings is 1. The van der Waals surface area contributed by atoms with Crippen LogP contribution in [-0.4, -0.2) is 76.6 Å². The van der Waals surface area contributed by atoms with Crippen molar-refractivity contribution in [2.24, 2.45) is 0 Å². The first-order valence-corrected chi connectivity index (χ1v) is 12.6. The number of piperazine rings is 1. The van der Waals surface area contributed by atoms with Gasteiger partial charge in [-0.25, -0.2) is 14.6 Å². The number of anilines is 2. The van der Waals surface area contributed by atoms with E-state index in [9.17, 15) is 9.90 Å². The molecule has 4 aromatic heterocycles. The maximum atomic E-state index is 10.9. The standard InChI is InChI=1S/C26H27N9O3/c36-19-8-9-21(27-16-19)32-11-13-33(14-12-32)26-30-24-23(28-17-34(24)10-4-3-7-22(37)38)25(31-26)35-20-6-2-1-5-18(20)15-29-35/h1-2,5-6,8-9,15-17,36H,3-4,7,10-14H2,(H,37,38). The molecule has 1 aromatic carbocycles. The maximum absolute atomic E-state index is 10.9. The normalized spacial score (nSPS) is 14.0. The molecule has 1 aliphatic heterocycles. The third-order valence-electron chi connectivity index (χ3n) is 6.77. The van der Waals surface area contributed by atoms with Crippen LogP contribution in [0.4, 0.5) is 11.8 Å². The number of aromatic nitrogens is 7. The first kappa shape index (κ1) is 23.6. The van der Waals surface area contributed by atoms with Crippen LogP contribution in [0.1, 0.15) is 19.3 Å². The van der Waals surface area contributed by atoms with E-state index in [1.54, 1.807) is 17.1 Å². The molecule has 1 aliphatic rings. The Labute approximate surface area is 217 Å². The number of aliphatic carboxylic acids is 1. The third-order valence-corrected chi connectivity index (χ3v) is 6.77. The Morgan fingerprint density at radius 2 is 1.74 bits per heavy atom. The van der Waals surface area contributed by atoms with Gasteiger partial charge in [0, 0.05) is 44.5 Å². The van der Waals surface area contributed by atoms with E-state index in [1.807, 2.05) is 41.1 Å². The number of para-hydroxylation sites is 1. The first-order chi connectivity index (χ1) is 18.6. The Morgan fingerprint density at radius 1 is 0.921 bits per heavy atom. The number of carboxylic acid groups (broad SMARTS) is 1. The molecule has 0 spiro atoms. The minimum Gasteiger partial charge on any atom is -0.506 e. The molecule has 0 radical (unpaired) electrons. The maximum Gasteiger partial charge on any atom is 0.303 e. The molecule has 5 heterocycles. The lowest BCUT2D eigenvalue weighted by Crippen LogP contribution is -2.47. The Balaban J connectivity index is 1.34. The summed E-state index contributed by atoms with van der Waals surface area (Å²) < 4.78 is 3.77. The third kappa shape index (κ3) is 4.56. The van der Waals surface area contributed by atoms with E-state index in [-0.39, 0.29) is 12.2 Å². The minimum absolute atomic E-state index is 0.136. The molecular weight excluding hydrogens is 486 g/mol. The second kappa shape index (κ2) is 9.96. The monoisotopic (exact) mass is 513 g/mol. The highest BCUT2D eigenvalue weighted by atomic mass is 16.4. The lowest BCUT2D eigenvalue weighted by molar-refractivity contribution is -0.137. The molecule has 2 N–H and O–H groups in total. The number of rotatable bonds is 8. The van der Waals surface area contributed by atoms with Crippen molar-refractivity contribution in [2.45, 2.75) is 25.8 Å². The highest BCUT2D eigenvalue weighted by Crippen LogP contribution is 2.26. The molecule has 5 aromatic rings. The van der Waals surface area contributed by atoms with E-state index in [2.05, 4.69) is 24.9 Å². The van der Waals surface area contributed by atoms with Gasteiger partial charge < -0.3 is 24.6 Å². The molecule has 0 unspecified atom stereocenters. The molecule has 1 fully saturated rings. The minimum atomic E-state index is -0.792. The number of hydrogen-bond donors (Lipinski definition) is 2. The zero-order chi connectivity index (χ0) is 26.1. The predicted octanol–water partition coefficient (Wildman–Crippen LogP) is 2.85. The summed E-state index contributed by atoms with van der Waals surface area (Å²) in [5.74, 6) is 1.38. The van der Waals surface area contributed by atoms with Gasteiger partial charge in [-0.15, -0.1) is 0 Å². The van der Waals surface area contributed by atoms with Crippen LogP contribution in [0.15, 0.2) is 55.1 Å². The van der Waals surface area contributed by atoms with Gasteiger partial charge in [0.1, 0.15) is 11.6 Å². The summed E-state index contributed by atoms with van der Waals surface area (Å²) in [6, 6.07) is 11.4. The van der Waals surface area contributed by atoms with Crippen molar-refractivity contribution < 1.29 is 15.0 Å². The molecule has 6 rings (SSSR count). The van der Waals surface area contributed by atoms with Crippen LogP contribution in [-0.2, 0) is 11.3 Å². The van der Waals surface area contributed by atoms with Crippen molar-refractivity contribution in [1.29, 1.82) is 0 Å². The molecule has 1 saturated heterocycles. The number of nitrogens with zero attached hydrogens (tertiary/aromatic N) is 9. The first-order valence-electron chi connectivity index (χ1n) is 12.6. The van der Waals surface area contributed by atoms with Gasteiger partial charge >= 0.3 is 5.97 Å². The number of fused-ring (bicyclic) bond motifs is 2. The van der Waals surface area contributed by atoms with Crippen molar-refractivity contribution in [3.8, 4) is 11.6 Å². The van der Waals surface area contributed by atoms with Crippen LogP contribution in [0.3, 0.4) is 0 Å². The summed E-state index contributed by atoms with van der Waals surface area (Å²) in [6.45, 7) is 3.46. The number of hydrogen-bond acceptors (Lipinski definition) is 9. The lowest BCUT2D eigenvalue weighted by Gasteiger charge is -2.35. The van der Waals surface area contributed by atoms with Gasteiger partial charge in [0.2, 0.25) is 5.95 Å². The van der Waals surface area contributed by atoms with E-state index in [0.29, 0.717) is 55.4 Å². The second-order valence-electron chi connectivity index (χ2n) is 9.27. The van der Waals surface area contributed by atoms with E-state index in [4.69, 9.17) is 15.1 Å². The number of imidazole rings is 1. The van der Waals surface area contributed by atoms with Gasteiger partial charge in [-0.1, -0.05) is 18.2 Å². The van der Waals surface area contributed by atoms with Crippen molar-refractivity contribution in [3.05, 3.63) is 55.1 Å². The smallest absolute Gasteiger partial charge is 0.303 e. The SMILES string of the molecule is O=C(O)CCCCn1cnc2c(-n3ncc4ccccc43)nc(N3CCN(c4ccc(O)cn4)CC3)nc21. The summed E-state index contributed by atoms with van der Waals surface area (Å²) in [7, 11) is 0. The average Bonchev–Trinajstić information content (AvgIpc) is 3.55. The van der Waals surface area contributed by atoms with Crippen molar-refractivity contribution in [1.82, 2.24) is 34.3 Å². The number of carboxylic acids is 1. The number of carbonyl (C=O) groups is 1. The summed E-state index contributed by atoms with van der Waals surface area (Å²) in [5, 5.41) is 24.2. The van der Waals surface area contributed by atoms with E-state index < -0.39 is 5.97 Å². The van der Waals surface area contributed by atoms with Crippen molar-refractivity contribution in [3.63, 3.8) is 0 Å². The summed E-state index contributed by atoms with van der Waals surface area (Å²) in [5.41, 5.74) is 2.27. The Bertz CT molecular complexity index is 1590. The molecular formula is C26H27N9O3. The van der Waals surface area contributed by atoms with Gasteiger partial charge in [0.05, 0.1) is 24.2 Å². The van der Waals surface area contributed by atoms with Gasteiger partial charge in [0.15, 0.2) is 17.0 Å². The van der Waals surface area contributed by atoms with Crippen molar-refractivity contribution in [2.75, 3.05) is 36.0 Å². The molecule has 38 heavy (non-hydrogen) atoms. The van der Waals surface area contributed by atoms with Gasteiger partial charge in [-0.05, 0) is 31.0 Å². The molecule has 0 aliphatic carbocycles. The number of aromatic hydroxyl groups is 1. The van der Waals surface area contributed by atoms with Crippen LogP contribution >= 0.6 is 0 Å². The summed E-state index contributed by atoms with van der Waals surface area (Å²) in [4.78, 5) is 34.1. The summed E-state index contributed by atoms with van der Waals surface area (Å²) in [6.07, 6.45) is 6.43. The fourth-order valence-electron chi connectivity index (χ4n) is 4.77. The second-order valence-corrected chi connectivity index (χ2v) is 9.27. The highest BCUT2D eigenvalue weighted by Gasteiger charge is 2.24. The number of aryl methyl sites for hydroxylation is 1. The van der Waals surface area contributed by atoms with Crippen LogP contribution in [0, 0.1) is 0 Å². The fourth-order valence-corrected chi connectivity index (χ4v) is 4.77. The molecule has 194 valence electrons.